The minimum Gasteiger partial charge on any atom is -0.496 e. The average Bonchev–Trinajstić information content (AvgIpc) is 2.53. The number of alkyl halides is 3. The van der Waals surface area contributed by atoms with E-state index in [0.717, 1.165) is 11.3 Å². The second-order valence-corrected chi connectivity index (χ2v) is 5.10. The Morgan fingerprint density at radius 3 is 2.38 bits per heavy atom. The number of hydrogen-bond donors (Lipinski definition) is 2. The third-order valence-corrected chi connectivity index (χ3v) is 3.22. The molecular weight excluding hydrogens is 341 g/mol. The summed E-state index contributed by atoms with van der Waals surface area (Å²) >= 11 is 5.16. The van der Waals surface area contributed by atoms with Gasteiger partial charge >= 0.3 is 6.36 Å². The first kappa shape index (κ1) is 17.9. The van der Waals surface area contributed by atoms with Gasteiger partial charge in [0.05, 0.1) is 7.11 Å². The van der Waals surface area contributed by atoms with Crippen molar-refractivity contribution in [1.29, 1.82) is 0 Å². The first-order chi connectivity index (χ1) is 11.4. The first-order valence-electron chi connectivity index (χ1n) is 6.90. The van der Waals surface area contributed by atoms with Crippen LogP contribution in [0.1, 0.15) is 5.56 Å². The number of methoxy groups -OCH3 is 1. The molecule has 0 saturated heterocycles. The van der Waals surface area contributed by atoms with Crippen LogP contribution in [0.5, 0.6) is 11.5 Å². The SMILES string of the molecule is COc1ccccc1CNC(=S)Nc1ccc(OC(F)(F)F)cc1. The van der Waals surface area contributed by atoms with Crippen LogP contribution in [-0.2, 0) is 6.54 Å². The smallest absolute Gasteiger partial charge is 0.496 e. The average molecular weight is 356 g/mol. The van der Waals surface area contributed by atoms with E-state index in [1.807, 2.05) is 24.3 Å². The highest BCUT2D eigenvalue weighted by molar-refractivity contribution is 7.80. The van der Waals surface area contributed by atoms with Crippen LogP contribution >= 0.6 is 12.2 Å². The molecular formula is C16H15F3N2O2S. The monoisotopic (exact) mass is 356 g/mol. The molecule has 24 heavy (non-hydrogen) atoms. The summed E-state index contributed by atoms with van der Waals surface area (Å²) in [6, 6.07) is 12.8. The predicted molar refractivity (Wildman–Crippen MR) is 89.2 cm³/mol. The lowest BCUT2D eigenvalue weighted by atomic mass is 10.2. The number of benzene rings is 2. The highest BCUT2D eigenvalue weighted by Gasteiger charge is 2.30. The van der Waals surface area contributed by atoms with Gasteiger partial charge in [-0.05, 0) is 42.5 Å². The van der Waals surface area contributed by atoms with E-state index in [0.29, 0.717) is 17.3 Å². The summed E-state index contributed by atoms with van der Waals surface area (Å²) in [6.07, 6.45) is -4.71. The van der Waals surface area contributed by atoms with E-state index in [1.165, 1.54) is 24.3 Å². The number of ether oxygens (including phenoxy) is 2. The fourth-order valence-electron chi connectivity index (χ4n) is 1.94. The summed E-state index contributed by atoms with van der Waals surface area (Å²) in [6.45, 7) is 0.450. The van der Waals surface area contributed by atoms with Crippen LogP contribution in [-0.4, -0.2) is 18.6 Å². The molecule has 0 spiro atoms. The molecule has 8 heteroatoms. The summed E-state index contributed by atoms with van der Waals surface area (Å²) in [5.74, 6) is 0.447. The topological polar surface area (TPSA) is 42.5 Å². The van der Waals surface area contributed by atoms with Crippen molar-refractivity contribution in [2.45, 2.75) is 12.9 Å². The van der Waals surface area contributed by atoms with Gasteiger partial charge in [-0.25, -0.2) is 0 Å². The summed E-state index contributed by atoms with van der Waals surface area (Å²) in [7, 11) is 1.58. The molecule has 0 heterocycles. The number of hydrogen-bond acceptors (Lipinski definition) is 3. The third-order valence-electron chi connectivity index (χ3n) is 2.98. The zero-order chi connectivity index (χ0) is 17.6. The Hall–Kier alpha value is -2.48. The summed E-state index contributed by atoms with van der Waals surface area (Å²) < 4.78 is 45.3. The number of para-hydroxylation sites is 1. The van der Waals surface area contributed by atoms with E-state index in [9.17, 15) is 13.2 Å². The van der Waals surface area contributed by atoms with Gasteiger partial charge in [0.25, 0.3) is 0 Å². The number of halogens is 3. The standard InChI is InChI=1S/C16H15F3N2O2S/c1-22-14-5-3-2-4-11(14)10-20-15(24)21-12-6-8-13(9-7-12)23-16(17,18)19/h2-9H,10H2,1H3,(H2,20,21,24). The van der Waals surface area contributed by atoms with Crippen LogP contribution in [0.3, 0.4) is 0 Å². The quantitative estimate of drug-likeness (QED) is 0.790. The van der Waals surface area contributed by atoms with Crippen molar-refractivity contribution >= 4 is 23.0 Å². The Kier molecular flexibility index (Phi) is 5.86. The van der Waals surface area contributed by atoms with Gasteiger partial charge in [-0.3, -0.25) is 0 Å². The maximum absolute atomic E-state index is 12.1. The van der Waals surface area contributed by atoms with E-state index in [2.05, 4.69) is 15.4 Å². The van der Waals surface area contributed by atoms with Crippen molar-refractivity contribution in [2.75, 3.05) is 12.4 Å². The van der Waals surface area contributed by atoms with Crippen molar-refractivity contribution in [1.82, 2.24) is 5.32 Å². The Morgan fingerprint density at radius 2 is 1.75 bits per heavy atom. The predicted octanol–water partition coefficient (Wildman–Crippen LogP) is 4.08. The molecule has 2 aromatic rings. The van der Waals surface area contributed by atoms with Crippen molar-refractivity contribution in [3.8, 4) is 11.5 Å². The normalized spacial score (nSPS) is 10.8. The molecule has 128 valence electrons. The van der Waals surface area contributed by atoms with Crippen LogP contribution in [0.2, 0.25) is 0 Å². The van der Waals surface area contributed by atoms with E-state index in [-0.39, 0.29) is 5.75 Å². The molecule has 0 fully saturated rings. The number of rotatable bonds is 5. The minimum absolute atomic E-state index is 0.291. The molecule has 0 unspecified atom stereocenters. The zero-order valence-electron chi connectivity index (χ0n) is 12.7. The fraction of sp³-hybridized carbons (Fsp3) is 0.188. The fourth-order valence-corrected chi connectivity index (χ4v) is 2.13. The molecule has 0 aliphatic heterocycles. The highest BCUT2D eigenvalue weighted by Crippen LogP contribution is 2.24. The van der Waals surface area contributed by atoms with Crippen LogP contribution in [0.15, 0.2) is 48.5 Å². The second-order valence-electron chi connectivity index (χ2n) is 4.69. The first-order valence-corrected chi connectivity index (χ1v) is 7.31. The Morgan fingerprint density at radius 1 is 1.08 bits per heavy atom. The Bertz CT molecular complexity index is 690. The lowest BCUT2D eigenvalue weighted by Gasteiger charge is -2.13. The van der Waals surface area contributed by atoms with Crippen LogP contribution < -0.4 is 20.1 Å². The molecule has 2 rings (SSSR count). The Labute approximate surface area is 142 Å². The molecule has 0 saturated carbocycles. The van der Waals surface area contributed by atoms with E-state index >= 15 is 0 Å². The lowest BCUT2D eigenvalue weighted by Crippen LogP contribution is -2.28. The number of nitrogens with one attached hydrogen (secondary N) is 2. The van der Waals surface area contributed by atoms with Crippen molar-refractivity contribution < 1.29 is 22.6 Å². The van der Waals surface area contributed by atoms with E-state index < -0.39 is 6.36 Å². The van der Waals surface area contributed by atoms with E-state index in [1.54, 1.807) is 7.11 Å². The van der Waals surface area contributed by atoms with Crippen molar-refractivity contribution in [3.63, 3.8) is 0 Å². The summed E-state index contributed by atoms with van der Waals surface area (Å²) in [5.41, 5.74) is 1.47. The third kappa shape index (κ3) is 5.62. The molecule has 2 N–H and O–H groups in total. The highest BCUT2D eigenvalue weighted by atomic mass is 32.1. The molecule has 0 aromatic heterocycles. The van der Waals surface area contributed by atoms with Crippen molar-refractivity contribution in [3.05, 3.63) is 54.1 Å². The molecule has 0 radical (unpaired) electrons. The van der Waals surface area contributed by atoms with Gasteiger partial charge in [0.15, 0.2) is 5.11 Å². The van der Waals surface area contributed by atoms with Gasteiger partial charge < -0.3 is 20.1 Å². The molecule has 0 aliphatic carbocycles. The van der Waals surface area contributed by atoms with Crippen LogP contribution in [0.4, 0.5) is 18.9 Å². The summed E-state index contributed by atoms with van der Waals surface area (Å²) in [4.78, 5) is 0. The van der Waals surface area contributed by atoms with Gasteiger partial charge in [0.1, 0.15) is 11.5 Å². The second kappa shape index (κ2) is 7.87. The molecule has 0 aliphatic rings. The van der Waals surface area contributed by atoms with Gasteiger partial charge in [-0.1, -0.05) is 18.2 Å². The van der Waals surface area contributed by atoms with Gasteiger partial charge in [0, 0.05) is 17.8 Å². The van der Waals surface area contributed by atoms with Crippen LogP contribution in [0, 0.1) is 0 Å². The minimum atomic E-state index is -4.71. The van der Waals surface area contributed by atoms with Crippen molar-refractivity contribution in [2.24, 2.45) is 0 Å². The Balaban J connectivity index is 1.88. The van der Waals surface area contributed by atoms with Gasteiger partial charge in [0.2, 0.25) is 0 Å². The number of thiocarbonyl (C=S) groups is 1. The summed E-state index contributed by atoms with van der Waals surface area (Å²) in [5, 5.41) is 6.22. The maximum Gasteiger partial charge on any atom is 0.573 e. The lowest BCUT2D eigenvalue weighted by molar-refractivity contribution is -0.274. The van der Waals surface area contributed by atoms with Gasteiger partial charge in [-0.2, -0.15) is 0 Å². The largest absolute Gasteiger partial charge is 0.573 e. The van der Waals surface area contributed by atoms with Crippen LogP contribution in [0.25, 0.3) is 0 Å². The molecule has 0 atom stereocenters. The molecule has 2 aromatic carbocycles. The number of anilines is 1. The van der Waals surface area contributed by atoms with Gasteiger partial charge in [-0.15, -0.1) is 13.2 Å². The zero-order valence-corrected chi connectivity index (χ0v) is 13.5. The molecule has 0 amide bonds. The van der Waals surface area contributed by atoms with E-state index in [4.69, 9.17) is 17.0 Å². The molecule has 0 bridgehead atoms. The maximum atomic E-state index is 12.1. The molecule has 4 nitrogen and oxygen atoms in total.